The van der Waals surface area contributed by atoms with Crippen LogP contribution in [0.25, 0.3) is 0 Å². The van der Waals surface area contributed by atoms with Gasteiger partial charge in [0.15, 0.2) is 0 Å². The zero-order chi connectivity index (χ0) is 8.48. The van der Waals surface area contributed by atoms with E-state index in [4.69, 9.17) is 10.5 Å². The standard InChI is InChI=1S/C9H19NO/c1-9(2,3)8-7(10)5-4-6-11-8/h7-8H,4-6,10H2,1-3H3. The van der Waals surface area contributed by atoms with Gasteiger partial charge in [-0.05, 0) is 18.3 Å². The summed E-state index contributed by atoms with van der Waals surface area (Å²) in [6.45, 7) is 7.43. The second kappa shape index (κ2) is 3.11. The van der Waals surface area contributed by atoms with Gasteiger partial charge in [0, 0.05) is 12.6 Å². The van der Waals surface area contributed by atoms with Crippen LogP contribution in [-0.4, -0.2) is 18.8 Å². The van der Waals surface area contributed by atoms with Crippen molar-refractivity contribution in [2.24, 2.45) is 11.1 Å². The van der Waals surface area contributed by atoms with Crippen LogP contribution >= 0.6 is 0 Å². The maximum absolute atomic E-state index is 5.94. The molecule has 1 heterocycles. The Kier molecular flexibility index (Phi) is 2.55. The first-order chi connectivity index (χ1) is 5.02. The summed E-state index contributed by atoms with van der Waals surface area (Å²) in [6, 6.07) is 0.240. The minimum atomic E-state index is 0.194. The molecular weight excluding hydrogens is 138 g/mol. The van der Waals surface area contributed by atoms with Crippen LogP contribution in [0.1, 0.15) is 33.6 Å². The Morgan fingerprint density at radius 2 is 2.00 bits per heavy atom. The molecule has 1 aliphatic rings. The molecule has 1 aliphatic heterocycles. The average molecular weight is 157 g/mol. The molecule has 0 amide bonds. The summed E-state index contributed by atoms with van der Waals surface area (Å²) in [7, 11) is 0. The van der Waals surface area contributed by atoms with Crippen LogP contribution in [0, 0.1) is 5.41 Å². The SMILES string of the molecule is CC(C)(C)C1OCCCC1N. The molecule has 11 heavy (non-hydrogen) atoms. The van der Waals surface area contributed by atoms with Crippen LogP contribution in [0.4, 0.5) is 0 Å². The van der Waals surface area contributed by atoms with Crippen molar-refractivity contribution in [1.82, 2.24) is 0 Å². The molecule has 1 saturated heterocycles. The highest BCUT2D eigenvalue weighted by Crippen LogP contribution is 2.28. The molecule has 1 rings (SSSR count). The first kappa shape index (κ1) is 9.01. The zero-order valence-electron chi connectivity index (χ0n) is 7.76. The van der Waals surface area contributed by atoms with Crippen LogP contribution in [-0.2, 0) is 4.74 Å². The third-order valence-corrected chi connectivity index (χ3v) is 2.22. The highest BCUT2D eigenvalue weighted by molar-refractivity contribution is 4.86. The Morgan fingerprint density at radius 1 is 1.36 bits per heavy atom. The zero-order valence-corrected chi connectivity index (χ0v) is 7.76. The molecule has 1 fully saturated rings. The molecule has 0 radical (unpaired) electrons. The van der Waals surface area contributed by atoms with Crippen molar-refractivity contribution >= 4 is 0 Å². The smallest absolute Gasteiger partial charge is 0.0774 e. The van der Waals surface area contributed by atoms with E-state index in [1.54, 1.807) is 0 Å². The van der Waals surface area contributed by atoms with Crippen molar-refractivity contribution in [2.45, 2.75) is 45.8 Å². The second-order valence-corrected chi connectivity index (χ2v) is 4.46. The van der Waals surface area contributed by atoms with Gasteiger partial charge in [-0.1, -0.05) is 20.8 Å². The van der Waals surface area contributed by atoms with Gasteiger partial charge in [0.25, 0.3) is 0 Å². The fraction of sp³-hybridized carbons (Fsp3) is 1.00. The van der Waals surface area contributed by atoms with Crippen molar-refractivity contribution in [2.75, 3.05) is 6.61 Å². The van der Waals surface area contributed by atoms with Gasteiger partial charge in [-0.2, -0.15) is 0 Å². The molecule has 2 atom stereocenters. The molecule has 0 aromatic carbocycles. The maximum Gasteiger partial charge on any atom is 0.0774 e. The predicted molar refractivity (Wildman–Crippen MR) is 46.4 cm³/mol. The Balaban J connectivity index is 2.55. The lowest BCUT2D eigenvalue weighted by atomic mass is 9.82. The van der Waals surface area contributed by atoms with Gasteiger partial charge in [-0.15, -0.1) is 0 Å². The minimum absolute atomic E-state index is 0.194. The normalized spacial score (nSPS) is 33.8. The molecular formula is C9H19NO. The fourth-order valence-corrected chi connectivity index (χ4v) is 1.70. The molecule has 66 valence electrons. The van der Waals surface area contributed by atoms with E-state index in [-0.39, 0.29) is 17.6 Å². The Hall–Kier alpha value is -0.0800. The topological polar surface area (TPSA) is 35.2 Å². The first-order valence-corrected chi connectivity index (χ1v) is 4.39. The summed E-state index contributed by atoms with van der Waals surface area (Å²) in [5, 5.41) is 0. The van der Waals surface area contributed by atoms with Crippen molar-refractivity contribution in [3.63, 3.8) is 0 Å². The van der Waals surface area contributed by atoms with Gasteiger partial charge in [-0.3, -0.25) is 0 Å². The third-order valence-electron chi connectivity index (χ3n) is 2.22. The summed E-state index contributed by atoms with van der Waals surface area (Å²) >= 11 is 0. The van der Waals surface area contributed by atoms with Gasteiger partial charge >= 0.3 is 0 Å². The van der Waals surface area contributed by atoms with Crippen molar-refractivity contribution < 1.29 is 4.74 Å². The average Bonchev–Trinajstić information content (AvgIpc) is 1.86. The van der Waals surface area contributed by atoms with Crippen LogP contribution < -0.4 is 5.73 Å². The lowest BCUT2D eigenvalue weighted by molar-refractivity contribution is -0.0600. The summed E-state index contributed by atoms with van der Waals surface area (Å²) in [5.41, 5.74) is 6.13. The summed E-state index contributed by atoms with van der Waals surface area (Å²) in [6.07, 6.45) is 2.48. The van der Waals surface area contributed by atoms with Gasteiger partial charge in [0.2, 0.25) is 0 Å². The van der Waals surface area contributed by atoms with Crippen molar-refractivity contribution in [3.05, 3.63) is 0 Å². The number of nitrogens with two attached hydrogens (primary N) is 1. The minimum Gasteiger partial charge on any atom is -0.376 e. The van der Waals surface area contributed by atoms with Crippen LogP contribution in [0.15, 0.2) is 0 Å². The molecule has 0 aromatic heterocycles. The number of ether oxygens (including phenoxy) is 1. The molecule has 2 nitrogen and oxygen atoms in total. The molecule has 0 spiro atoms. The van der Waals surface area contributed by atoms with Gasteiger partial charge in [-0.25, -0.2) is 0 Å². The Bertz CT molecular complexity index is 128. The second-order valence-electron chi connectivity index (χ2n) is 4.46. The molecule has 2 N–H and O–H groups in total. The lowest BCUT2D eigenvalue weighted by Crippen LogP contribution is -2.48. The van der Waals surface area contributed by atoms with E-state index in [0.717, 1.165) is 19.4 Å². The summed E-state index contributed by atoms with van der Waals surface area (Å²) in [5.74, 6) is 0. The van der Waals surface area contributed by atoms with E-state index in [9.17, 15) is 0 Å². The number of hydrogen-bond donors (Lipinski definition) is 1. The summed E-state index contributed by atoms with van der Waals surface area (Å²) in [4.78, 5) is 0. The van der Waals surface area contributed by atoms with Crippen LogP contribution in [0.2, 0.25) is 0 Å². The monoisotopic (exact) mass is 157 g/mol. The molecule has 0 aliphatic carbocycles. The molecule has 0 saturated carbocycles. The van der Waals surface area contributed by atoms with Gasteiger partial charge in [0.05, 0.1) is 6.10 Å². The van der Waals surface area contributed by atoms with Gasteiger partial charge < -0.3 is 10.5 Å². The Labute approximate surface area is 69.1 Å². The quantitative estimate of drug-likeness (QED) is 0.579. The third kappa shape index (κ3) is 2.17. The lowest BCUT2D eigenvalue weighted by Gasteiger charge is -2.38. The van der Waals surface area contributed by atoms with Crippen molar-refractivity contribution in [1.29, 1.82) is 0 Å². The molecule has 2 heteroatoms. The van der Waals surface area contributed by atoms with E-state index >= 15 is 0 Å². The van der Waals surface area contributed by atoms with Crippen LogP contribution in [0.5, 0.6) is 0 Å². The number of hydrogen-bond acceptors (Lipinski definition) is 2. The molecule has 0 bridgehead atoms. The van der Waals surface area contributed by atoms with E-state index in [1.165, 1.54) is 0 Å². The fourth-order valence-electron chi connectivity index (χ4n) is 1.70. The highest BCUT2D eigenvalue weighted by Gasteiger charge is 2.32. The maximum atomic E-state index is 5.94. The molecule has 2 unspecified atom stereocenters. The van der Waals surface area contributed by atoms with E-state index in [1.807, 2.05) is 0 Å². The summed E-state index contributed by atoms with van der Waals surface area (Å²) < 4.78 is 5.63. The largest absolute Gasteiger partial charge is 0.376 e. The number of rotatable bonds is 0. The predicted octanol–water partition coefficient (Wildman–Crippen LogP) is 1.54. The Morgan fingerprint density at radius 3 is 2.36 bits per heavy atom. The van der Waals surface area contributed by atoms with Crippen LogP contribution in [0.3, 0.4) is 0 Å². The van der Waals surface area contributed by atoms with Gasteiger partial charge in [0.1, 0.15) is 0 Å². The van der Waals surface area contributed by atoms with E-state index in [0.29, 0.717) is 0 Å². The highest BCUT2D eigenvalue weighted by atomic mass is 16.5. The van der Waals surface area contributed by atoms with E-state index < -0.39 is 0 Å². The van der Waals surface area contributed by atoms with E-state index in [2.05, 4.69) is 20.8 Å². The molecule has 0 aromatic rings. The first-order valence-electron chi connectivity index (χ1n) is 4.39. The van der Waals surface area contributed by atoms with Crippen molar-refractivity contribution in [3.8, 4) is 0 Å².